The van der Waals surface area contributed by atoms with E-state index in [0.717, 1.165) is 18.7 Å². The molecule has 4 heteroatoms. The highest BCUT2D eigenvalue weighted by atomic mass is 16.5. The molecule has 2 aliphatic carbocycles. The van der Waals surface area contributed by atoms with Crippen molar-refractivity contribution in [3.05, 3.63) is 12.4 Å². The molecular weight excluding hydrogens is 214 g/mol. The lowest BCUT2D eigenvalue weighted by Gasteiger charge is -2.54. The molecule has 0 aliphatic heterocycles. The number of ether oxygens (including phenoxy) is 1. The molecule has 17 heavy (non-hydrogen) atoms. The largest absolute Gasteiger partial charge is 0.379 e. The summed E-state index contributed by atoms with van der Waals surface area (Å²) in [5, 5.41) is 10.4. The SMILES string of the molecule is CCOC1CC(Nc2cn[nH]c2)C12CCCC2. The third-order valence-corrected chi connectivity index (χ3v) is 4.53. The van der Waals surface area contributed by atoms with Crippen LogP contribution in [0.25, 0.3) is 0 Å². The number of hydrogen-bond donors (Lipinski definition) is 2. The number of hydrogen-bond acceptors (Lipinski definition) is 3. The van der Waals surface area contributed by atoms with Crippen molar-refractivity contribution < 1.29 is 4.74 Å². The minimum absolute atomic E-state index is 0.396. The fraction of sp³-hybridized carbons (Fsp3) is 0.769. The molecule has 2 atom stereocenters. The molecule has 2 unspecified atom stereocenters. The summed E-state index contributed by atoms with van der Waals surface area (Å²) in [6.07, 6.45) is 10.7. The molecule has 0 aromatic carbocycles. The van der Waals surface area contributed by atoms with Gasteiger partial charge in [-0.05, 0) is 26.2 Å². The molecule has 2 fully saturated rings. The maximum Gasteiger partial charge on any atom is 0.0726 e. The van der Waals surface area contributed by atoms with Crippen LogP contribution in [0.1, 0.15) is 39.0 Å². The molecule has 0 saturated heterocycles. The minimum atomic E-state index is 0.396. The number of aromatic nitrogens is 2. The van der Waals surface area contributed by atoms with Gasteiger partial charge in [-0.3, -0.25) is 5.10 Å². The number of H-pyrrole nitrogens is 1. The van der Waals surface area contributed by atoms with Crippen LogP contribution in [0.5, 0.6) is 0 Å². The van der Waals surface area contributed by atoms with E-state index in [0.29, 0.717) is 17.6 Å². The minimum Gasteiger partial charge on any atom is -0.379 e. The van der Waals surface area contributed by atoms with Gasteiger partial charge in [-0.2, -0.15) is 5.10 Å². The first-order chi connectivity index (χ1) is 8.35. The second-order valence-corrected chi connectivity index (χ2v) is 5.30. The average Bonchev–Trinajstić information content (AvgIpc) is 3.00. The molecule has 4 nitrogen and oxygen atoms in total. The van der Waals surface area contributed by atoms with Crippen LogP contribution < -0.4 is 5.32 Å². The zero-order chi connectivity index (χ0) is 11.7. The van der Waals surface area contributed by atoms with Gasteiger partial charge < -0.3 is 10.1 Å². The van der Waals surface area contributed by atoms with Gasteiger partial charge in [0.1, 0.15) is 0 Å². The molecule has 1 spiro atoms. The lowest BCUT2D eigenvalue weighted by molar-refractivity contribution is -0.114. The van der Waals surface area contributed by atoms with Crippen LogP contribution >= 0.6 is 0 Å². The Balaban J connectivity index is 1.69. The van der Waals surface area contributed by atoms with Crippen molar-refractivity contribution in [3.8, 4) is 0 Å². The summed E-state index contributed by atoms with van der Waals surface area (Å²) in [4.78, 5) is 0. The van der Waals surface area contributed by atoms with Crippen LogP contribution in [0.3, 0.4) is 0 Å². The van der Waals surface area contributed by atoms with E-state index in [9.17, 15) is 0 Å². The van der Waals surface area contributed by atoms with Gasteiger partial charge in [0.05, 0.1) is 18.0 Å². The first kappa shape index (κ1) is 11.1. The van der Waals surface area contributed by atoms with Crippen LogP contribution in [-0.4, -0.2) is 29.0 Å². The van der Waals surface area contributed by atoms with Gasteiger partial charge in [0.15, 0.2) is 0 Å². The maximum absolute atomic E-state index is 5.90. The summed E-state index contributed by atoms with van der Waals surface area (Å²) < 4.78 is 5.90. The van der Waals surface area contributed by atoms with Gasteiger partial charge in [-0.15, -0.1) is 0 Å². The molecular formula is C13H21N3O. The van der Waals surface area contributed by atoms with Gasteiger partial charge in [0, 0.05) is 24.3 Å². The molecule has 2 aliphatic rings. The normalized spacial score (nSPS) is 30.4. The van der Waals surface area contributed by atoms with E-state index in [1.807, 2.05) is 12.4 Å². The third-order valence-electron chi connectivity index (χ3n) is 4.53. The van der Waals surface area contributed by atoms with E-state index in [4.69, 9.17) is 4.74 Å². The first-order valence-corrected chi connectivity index (χ1v) is 6.72. The van der Waals surface area contributed by atoms with Crippen molar-refractivity contribution in [1.82, 2.24) is 10.2 Å². The predicted octanol–water partition coefficient (Wildman–Crippen LogP) is 2.56. The zero-order valence-electron chi connectivity index (χ0n) is 10.4. The summed E-state index contributed by atoms with van der Waals surface area (Å²) in [5.74, 6) is 0. The second-order valence-electron chi connectivity index (χ2n) is 5.30. The fourth-order valence-electron chi connectivity index (χ4n) is 3.62. The van der Waals surface area contributed by atoms with Gasteiger partial charge in [0.2, 0.25) is 0 Å². The van der Waals surface area contributed by atoms with E-state index in [1.165, 1.54) is 25.7 Å². The topological polar surface area (TPSA) is 49.9 Å². The van der Waals surface area contributed by atoms with Crippen molar-refractivity contribution in [1.29, 1.82) is 0 Å². The summed E-state index contributed by atoms with van der Waals surface area (Å²) in [5.41, 5.74) is 1.50. The Morgan fingerprint density at radius 3 is 3.00 bits per heavy atom. The van der Waals surface area contributed by atoms with Crippen LogP contribution in [0, 0.1) is 5.41 Å². The standard InChI is InChI=1S/C13H21N3O/c1-2-17-12-7-11(13(12)5-3-4-6-13)16-10-8-14-15-9-10/h8-9,11-12,16H,2-7H2,1H3,(H,14,15). The Labute approximate surface area is 102 Å². The molecule has 1 heterocycles. The molecule has 2 N–H and O–H groups in total. The molecule has 1 aromatic heterocycles. The van der Waals surface area contributed by atoms with Gasteiger partial charge in [-0.25, -0.2) is 0 Å². The van der Waals surface area contributed by atoms with Crippen molar-refractivity contribution in [2.75, 3.05) is 11.9 Å². The maximum atomic E-state index is 5.90. The summed E-state index contributed by atoms with van der Waals surface area (Å²) in [6, 6.07) is 0.569. The molecule has 0 radical (unpaired) electrons. The highest BCUT2D eigenvalue weighted by Crippen LogP contribution is 2.55. The zero-order valence-corrected chi connectivity index (χ0v) is 10.4. The number of anilines is 1. The lowest BCUT2D eigenvalue weighted by atomic mass is 9.60. The number of nitrogens with one attached hydrogen (secondary N) is 2. The Morgan fingerprint density at radius 2 is 2.35 bits per heavy atom. The smallest absolute Gasteiger partial charge is 0.0726 e. The van der Waals surface area contributed by atoms with Gasteiger partial charge >= 0.3 is 0 Å². The van der Waals surface area contributed by atoms with Crippen LogP contribution in [0.4, 0.5) is 5.69 Å². The van der Waals surface area contributed by atoms with Crippen LogP contribution in [-0.2, 0) is 4.74 Å². The van der Waals surface area contributed by atoms with Gasteiger partial charge in [0.25, 0.3) is 0 Å². The van der Waals surface area contributed by atoms with Crippen LogP contribution in [0.15, 0.2) is 12.4 Å². The summed E-state index contributed by atoms with van der Waals surface area (Å²) >= 11 is 0. The van der Waals surface area contributed by atoms with E-state index < -0.39 is 0 Å². The Hall–Kier alpha value is -1.03. The van der Waals surface area contributed by atoms with Crippen molar-refractivity contribution >= 4 is 5.69 Å². The van der Waals surface area contributed by atoms with Crippen molar-refractivity contribution in [2.45, 2.75) is 51.2 Å². The third kappa shape index (κ3) is 1.75. The fourth-order valence-corrected chi connectivity index (χ4v) is 3.62. The number of nitrogens with zero attached hydrogens (tertiary/aromatic N) is 1. The highest BCUT2D eigenvalue weighted by Gasteiger charge is 2.56. The molecule has 2 saturated carbocycles. The second kappa shape index (κ2) is 4.33. The molecule has 1 aromatic rings. The van der Waals surface area contributed by atoms with E-state index in [1.54, 1.807) is 0 Å². The molecule has 0 bridgehead atoms. The first-order valence-electron chi connectivity index (χ1n) is 6.72. The molecule has 94 valence electrons. The predicted molar refractivity (Wildman–Crippen MR) is 66.9 cm³/mol. The lowest BCUT2D eigenvalue weighted by Crippen LogP contribution is -2.60. The summed E-state index contributed by atoms with van der Waals surface area (Å²) in [6.45, 7) is 2.93. The molecule has 0 amide bonds. The van der Waals surface area contributed by atoms with E-state index in [-0.39, 0.29) is 0 Å². The van der Waals surface area contributed by atoms with E-state index >= 15 is 0 Å². The Bertz CT molecular complexity index is 357. The Morgan fingerprint density at radius 1 is 1.53 bits per heavy atom. The Kier molecular flexibility index (Phi) is 2.82. The number of aromatic amines is 1. The van der Waals surface area contributed by atoms with Crippen molar-refractivity contribution in [2.24, 2.45) is 5.41 Å². The average molecular weight is 235 g/mol. The van der Waals surface area contributed by atoms with Crippen LogP contribution in [0.2, 0.25) is 0 Å². The highest BCUT2D eigenvalue weighted by molar-refractivity contribution is 5.41. The van der Waals surface area contributed by atoms with E-state index in [2.05, 4.69) is 22.4 Å². The quantitative estimate of drug-likeness (QED) is 0.843. The molecule has 3 rings (SSSR count). The van der Waals surface area contributed by atoms with Gasteiger partial charge in [-0.1, -0.05) is 12.8 Å². The number of rotatable bonds is 4. The summed E-state index contributed by atoms with van der Waals surface area (Å²) in [7, 11) is 0. The van der Waals surface area contributed by atoms with Crippen molar-refractivity contribution in [3.63, 3.8) is 0 Å². The monoisotopic (exact) mass is 235 g/mol.